The molecule has 1 amide bonds. The quantitative estimate of drug-likeness (QED) is 0.505. The number of thiophene rings is 1. The maximum absolute atomic E-state index is 13.1. The van der Waals surface area contributed by atoms with Crippen LogP contribution in [0.3, 0.4) is 0 Å². The Morgan fingerprint density at radius 2 is 1.77 bits per heavy atom. The fourth-order valence-corrected chi connectivity index (χ4v) is 4.70. The molecule has 0 bridgehead atoms. The summed E-state index contributed by atoms with van der Waals surface area (Å²) in [6.07, 6.45) is 0. The number of benzene rings is 2. The lowest BCUT2D eigenvalue weighted by Gasteiger charge is -2.28. The normalized spacial score (nSPS) is 14.2. The molecule has 152 valence electrons. The second-order valence-electron chi connectivity index (χ2n) is 7.37. The highest BCUT2D eigenvalue weighted by molar-refractivity contribution is 7.17. The molecule has 1 aliphatic heterocycles. The number of hydrogen-bond donors (Lipinski definition) is 1. The number of carbonyl (C=O) groups is 1. The van der Waals surface area contributed by atoms with Crippen molar-refractivity contribution in [2.75, 3.05) is 36.5 Å². The molecule has 2 aromatic heterocycles. The van der Waals surface area contributed by atoms with E-state index in [0.29, 0.717) is 12.2 Å². The van der Waals surface area contributed by atoms with Gasteiger partial charge in [-0.3, -0.25) is 4.79 Å². The predicted octanol–water partition coefficient (Wildman–Crippen LogP) is 4.84. The first-order valence-corrected chi connectivity index (χ1v) is 11.0. The lowest BCUT2D eigenvalue weighted by molar-refractivity contribution is 0.101. The second-order valence-corrected chi connectivity index (χ2v) is 8.32. The summed E-state index contributed by atoms with van der Waals surface area (Å²) in [6.45, 7) is 3.98. The second kappa shape index (κ2) is 8.34. The molecule has 6 heteroatoms. The summed E-state index contributed by atoms with van der Waals surface area (Å²) in [5, 5.41) is 5.13. The summed E-state index contributed by atoms with van der Waals surface area (Å²) < 4.78 is 8.64. The van der Waals surface area contributed by atoms with Gasteiger partial charge in [0.05, 0.1) is 23.4 Å². The number of hydrogen-bond acceptors (Lipinski definition) is 4. The number of anilines is 2. The van der Waals surface area contributed by atoms with Crippen molar-refractivity contribution in [2.45, 2.75) is 6.54 Å². The fraction of sp³-hybridized carbons (Fsp3) is 0.208. The average molecular weight is 418 g/mol. The van der Waals surface area contributed by atoms with E-state index in [0.717, 1.165) is 47.9 Å². The number of morpholine rings is 1. The van der Waals surface area contributed by atoms with Crippen LogP contribution in [-0.4, -0.2) is 36.8 Å². The number of amides is 1. The third-order valence-corrected chi connectivity index (χ3v) is 6.29. The van der Waals surface area contributed by atoms with E-state index < -0.39 is 0 Å². The van der Waals surface area contributed by atoms with E-state index in [4.69, 9.17) is 4.74 Å². The van der Waals surface area contributed by atoms with Crippen LogP contribution in [0.15, 0.2) is 72.1 Å². The number of fused-ring (bicyclic) bond motifs is 1. The number of ether oxygens (including phenoxy) is 1. The first kappa shape index (κ1) is 18.9. The third-order valence-electron chi connectivity index (χ3n) is 5.44. The molecule has 0 unspecified atom stereocenters. The fourth-order valence-electron chi connectivity index (χ4n) is 3.87. The zero-order valence-electron chi connectivity index (χ0n) is 16.6. The standard InChI is InChI=1S/C24H23N3O2S/c28-24(25-19-6-8-20(9-7-19)26-11-13-29-14-12-26)22-16-23-21(10-15-30-23)27(22)17-18-4-2-1-3-5-18/h1-10,15-16H,11-14,17H2,(H,25,28). The Hall–Kier alpha value is -3.09. The molecule has 5 nitrogen and oxygen atoms in total. The van der Waals surface area contributed by atoms with Gasteiger partial charge >= 0.3 is 0 Å². The number of nitrogens with one attached hydrogen (secondary N) is 1. The van der Waals surface area contributed by atoms with Crippen molar-refractivity contribution in [3.8, 4) is 0 Å². The van der Waals surface area contributed by atoms with Crippen LogP contribution >= 0.6 is 11.3 Å². The molecule has 0 spiro atoms. The van der Waals surface area contributed by atoms with Gasteiger partial charge in [0.1, 0.15) is 5.69 Å². The maximum Gasteiger partial charge on any atom is 0.272 e. The minimum atomic E-state index is -0.0894. The summed E-state index contributed by atoms with van der Waals surface area (Å²) in [5.74, 6) is -0.0894. The smallest absolute Gasteiger partial charge is 0.272 e. The molecule has 30 heavy (non-hydrogen) atoms. The molecule has 5 rings (SSSR count). The van der Waals surface area contributed by atoms with Crippen molar-refractivity contribution >= 4 is 38.8 Å². The van der Waals surface area contributed by atoms with E-state index in [1.807, 2.05) is 36.4 Å². The molecule has 2 aromatic carbocycles. The molecule has 4 aromatic rings. The number of nitrogens with zero attached hydrogens (tertiary/aromatic N) is 2. The molecule has 0 radical (unpaired) electrons. The zero-order valence-corrected chi connectivity index (χ0v) is 17.4. The highest BCUT2D eigenvalue weighted by Crippen LogP contribution is 2.27. The highest BCUT2D eigenvalue weighted by atomic mass is 32.1. The molecular weight excluding hydrogens is 394 g/mol. The molecular formula is C24H23N3O2S. The summed E-state index contributed by atoms with van der Waals surface area (Å²) in [7, 11) is 0. The van der Waals surface area contributed by atoms with Crippen molar-refractivity contribution in [3.63, 3.8) is 0 Å². The van der Waals surface area contributed by atoms with E-state index in [-0.39, 0.29) is 5.91 Å². The van der Waals surface area contributed by atoms with Gasteiger partial charge in [-0.15, -0.1) is 11.3 Å². The van der Waals surface area contributed by atoms with Crippen LogP contribution in [0.5, 0.6) is 0 Å². The van der Waals surface area contributed by atoms with Gasteiger partial charge in [-0.05, 0) is 47.3 Å². The summed E-state index contributed by atoms with van der Waals surface area (Å²) in [6, 6.07) is 22.4. The molecule has 1 aliphatic rings. The third kappa shape index (κ3) is 3.84. The molecule has 0 atom stereocenters. The summed E-state index contributed by atoms with van der Waals surface area (Å²) in [4.78, 5) is 15.4. The van der Waals surface area contributed by atoms with E-state index in [9.17, 15) is 4.79 Å². The van der Waals surface area contributed by atoms with Crippen LogP contribution in [0, 0.1) is 0 Å². The zero-order chi connectivity index (χ0) is 20.3. The van der Waals surface area contributed by atoms with Gasteiger partial charge in [0.25, 0.3) is 5.91 Å². The Balaban J connectivity index is 1.37. The van der Waals surface area contributed by atoms with Crippen LogP contribution in [0.2, 0.25) is 0 Å². The van der Waals surface area contributed by atoms with Gasteiger partial charge in [-0.25, -0.2) is 0 Å². The van der Waals surface area contributed by atoms with Gasteiger partial charge in [0, 0.05) is 31.0 Å². The van der Waals surface area contributed by atoms with Crippen molar-refractivity contribution < 1.29 is 9.53 Å². The van der Waals surface area contributed by atoms with E-state index in [2.05, 4.69) is 50.5 Å². The van der Waals surface area contributed by atoms with Gasteiger partial charge in [0.2, 0.25) is 0 Å². The Kier molecular flexibility index (Phi) is 5.26. The Morgan fingerprint density at radius 1 is 1.00 bits per heavy atom. The van der Waals surface area contributed by atoms with Crippen LogP contribution < -0.4 is 10.2 Å². The maximum atomic E-state index is 13.1. The summed E-state index contributed by atoms with van der Waals surface area (Å²) >= 11 is 1.66. The average Bonchev–Trinajstić information content (AvgIpc) is 3.38. The SMILES string of the molecule is O=C(Nc1ccc(N2CCOCC2)cc1)c1cc2sccc2n1Cc1ccccc1. The van der Waals surface area contributed by atoms with E-state index >= 15 is 0 Å². The summed E-state index contributed by atoms with van der Waals surface area (Å²) in [5.41, 5.74) is 4.90. The van der Waals surface area contributed by atoms with Crippen LogP contribution in [0.4, 0.5) is 11.4 Å². The lowest BCUT2D eigenvalue weighted by Crippen LogP contribution is -2.36. The Morgan fingerprint density at radius 3 is 2.53 bits per heavy atom. The minimum Gasteiger partial charge on any atom is -0.378 e. The van der Waals surface area contributed by atoms with Crippen molar-refractivity contribution in [3.05, 3.63) is 83.4 Å². The van der Waals surface area contributed by atoms with Gasteiger partial charge < -0.3 is 19.5 Å². The lowest BCUT2D eigenvalue weighted by atomic mass is 10.2. The monoisotopic (exact) mass is 417 g/mol. The van der Waals surface area contributed by atoms with Gasteiger partial charge in [0.15, 0.2) is 0 Å². The highest BCUT2D eigenvalue weighted by Gasteiger charge is 2.17. The van der Waals surface area contributed by atoms with E-state index in [1.165, 1.54) is 5.56 Å². The molecule has 3 heterocycles. The Labute approximate surface area is 179 Å². The van der Waals surface area contributed by atoms with Crippen molar-refractivity contribution in [1.29, 1.82) is 0 Å². The topological polar surface area (TPSA) is 46.5 Å². The van der Waals surface area contributed by atoms with Gasteiger partial charge in [-0.1, -0.05) is 30.3 Å². The number of carbonyl (C=O) groups excluding carboxylic acids is 1. The molecule has 0 saturated carbocycles. The van der Waals surface area contributed by atoms with Crippen LogP contribution in [-0.2, 0) is 11.3 Å². The number of rotatable bonds is 5. The molecule has 1 fully saturated rings. The first-order chi connectivity index (χ1) is 14.8. The predicted molar refractivity (Wildman–Crippen MR) is 123 cm³/mol. The largest absolute Gasteiger partial charge is 0.378 e. The van der Waals surface area contributed by atoms with E-state index in [1.54, 1.807) is 11.3 Å². The first-order valence-electron chi connectivity index (χ1n) is 10.1. The Bertz CT molecular complexity index is 1140. The molecule has 1 N–H and O–H groups in total. The molecule has 0 aliphatic carbocycles. The number of aromatic nitrogens is 1. The van der Waals surface area contributed by atoms with Crippen molar-refractivity contribution in [2.24, 2.45) is 0 Å². The van der Waals surface area contributed by atoms with Crippen molar-refractivity contribution in [1.82, 2.24) is 4.57 Å². The minimum absolute atomic E-state index is 0.0894. The van der Waals surface area contributed by atoms with Gasteiger partial charge in [-0.2, -0.15) is 0 Å². The molecule has 1 saturated heterocycles. The van der Waals surface area contributed by atoms with Crippen LogP contribution in [0.25, 0.3) is 10.2 Å². The van der Waals surface area contributed by atoms with Crippen LogP contribution in [0.1, 0.15) is 16.1 Å².